The maximum atomic E-state index is 6.08. The van der Waals surface area contributed by atoms with Crippen LogP contribution >= 0.6 is 8.58 Å². The van der Waals surface area contributed by atoms with E-state index in [4.69, 9.17) is 5.73 Å². The molecule has 0 saturated carbocycles. The van der Waals surface area contributed by atoms with Gasteiger partial charge in [0.2, 0.25) is 0 Å². The first-order valence-electron chi connectivity index (χ1n) is 10.1. The summed E-state index contributed by atoms with van der Waals surface area (Å²) in [6, 6.07) is 9.47. The highest BCUT2D eigenvalue weighted by Gasteiger charge is 2.29. The van der Waals surface area contributed by atoms with Gasteiger partial charge in [-0.15, -0.1) is 8.58 Å². The van der Waals surface area contributed by atoms with Gasteiger partial charge in [0.1, 0.15) is 0 Å². The fraction of sp³-hybridized carbons (Fsp3) is 0.739. The highest BCUT2D eigenvalue weighted by atomic mass is 31.1. The Balaban J connectivity index is 3.00. The van der Waals surface area contributed by atoms with Crippen LogP contribution in [0.2, 0.25) is 0 Å². The van der Waals surface area contributed by atoms with Crippen molar-refractivity contribution in [1.82, 2.24) is 0 Å². The molecule has 3 atom stereocenters. The molecular formula is C23H42NP. The molecule has 2 heteroatoms. The number of rotatable bonds is 10. The largest absolute Gasteiger partial charge is 0.330 e. The van der Waals surface area contributed by atoms with Gasteiger partial charge in [-0.2, -0.15) is 0 Å². The molecule has 0 bridgehead atoms. The van der Waals surface area contributed by atoms with E-state index >= 15 is 0 Å². The van der Waals surface area contributed by atoms with Crippen LogP contribution in [0, 0.1) is 10.8 Å². The maximum Gasteiger partial charge on any atom is -0.000804 e. The smallest absolute Gasteiger partial charge is 0.000804 e. The molecule has 0 aliphatic heterocycles. The van der Waals surface area contributed by atoms with Crippen molar-refractivity contribution in [2.45, 2.75) is 79.1 Å². The molecule has 0 spiro atoms. The van der Waals surface area contributed by atoms with E-state index in [1.807, 2.05) is 0 Å². The standard InChI is InChI=1S/C23H42NP/c1-8-9-14-23(5,6)21(17-25-7)19-12-10-18(11-13-19)20(16-24)15-22(2,3)4/h10-13,20-21,25H,8-9,14-17,24H2,1-7H3. The van der Waals surface area contributed by atoms with E-state index in [0.29, 0.717) is 22.7 Å². The highest BCUT2D eigenvalue weighted by Crippen LogP contribution is 2.43. The summed E-state index contributed by atoms with van der Waals surface area (Å²) in [6.45, 7) is 17.2. The zero-order chi connectivity index (χ0) is 19.1. The lowest BCUT2D eigenvalue weighted by atomic mass is 9.72. The number of unbranched alkanes of at least 4 members (excludes halogenated alkanes) is 1. The molecule has 144 valence electrons. The van der Waals surface area contributed by atoms with Gasteiger partial charge in [-0.25, -0.2) is 0 Å². The van der Waals surface area contributed by atoms with Gasteiger partial charge < -0.3 is 5.73 Å². The van der Waals surface area contributed by atoms with Crippen LogP contribution in [0.25, 0.3) is 0 Å². The van der Waals surface area contributed by atoms with Crippen LogP contribution in [-0.4, -0.2) is 19.4 Å². The van der Waals surface area contributed by atoms with E-state index < -0.39 is 0 Å². The second-order valence-corrected chi connectivity index (χ2v) is 10.7. The quantitative estimate of drug-likeness (QED) is 0.456. The van der Waals surface area contributed by atoms with Gasteiger partial charge in [0, 0.05) is 0 Å². The van der Waals surface area contributed by atoms with Crippen molar-refractivity contribution in [2.24, 2.45) is 16.6 Å². The van der Waals surface area contributed by atoms with Gasteiger partial charge in [0.25, 0.3) is 0 Å². The number of hydrogen-bond donors (Lipinski definition) is 1. The molecule has 0 aromatic heterocycles. The van der Waals surface area contributed by atoms with E-state index in [-0.39, 0.29) is 0 Å². The highest BCUT2D eigenvalue weighted by molar-refractivity contribution is 7.37. The molecule has 1 nitrogen and oxygen atoms in total. The van der Waals surface area contributed by atoms with Gasteiger partial charge in [0.15, 0.2) is 0 Å². The molecule has 0 amide bonds. The van der Waals surface area contributed by atoms with Crippen LogP contribution < -0.4 is 5.73 Å². The van der Waals surface area contributed by atoms with Crippen molar-refractivity contribution >= 4 is 8.58 Å². The number of benzene rings is 1. The molecule has 1 aromatic rings. The lowest BCUT2D eigenvalue weighted by Crippen LogP contribution is -2.24. The predicted octanol–water partition coefficient (Wildman–Crippen LogP) is 6.77. The average Bonchev–Trinajstić information content (AvgIpc) is 2.55. The molecule has 0 aliphatic rings. The lowest BCUT2D eigenvalue weighted by Gasteiger charge is -2.35. The van der Waals surface area contributed by atoms with Crippen molar-refractivity contribution in [2.75, 3.05) is 19.4 Å². The van der Waals surface area contributed by atoms with Crippen LogP contribution in [0.4, 0.5) is 0 Å². The Morgan fingerprint density at radius 2 is 1.56 bits per heavy atom. The van der Waals surface area contributed by atoms with Crippen LogP contribution in [0.5, 0.6) is 0 Å². The Bertz CT molecular complexity index is 484. The Labute approximate surface area is 159 Å². The Hall–Kier alpha value is -0.390. The van der Waals surface area contributed by atoms with E-state index in [9.17, 15) is 0 Å². The summed E-state index contributed by atoms with van der Waals surface area (Å²) in [6.07, 6.45) is 6.38. The molecule has 0 heterocycles. The first kappa shape index (κ1) is 22.7. The van der Waals surface area contributed by atoms with Gasteiger partial charge in [-0.3, -0.25) is 0 Å². The van der Waals surface area contributed by atoms with Crippen LogP contribution in [0.1, 0.15) is 90.2 Å². The summed E-state index contributed by atoms with van der Waals surface area (Å²) in [5, 5.41) is 0. The van der Waals surface area contributed by atoms with Crippen LogP contribution in [-0.2, 0) is 0 Å². The summed E-state index contributed by atoms with van der Waals surface area (Å²) in [5.41, 5.74) is 9.70. The average molecular weight is 364 g/mol. The molecule has 0 saturated heterocycles. The first-order chi connectivity index (χ1) is 11.6. The lowest BCUT2D eigenvalue weighted by molar-refractivity contribution is 0.270. The van der Waals surface area contributed by atoms with E-state index in [1.165, 1.54) is 36.6 Å². The van der Waals surface area contributed by atoms with E-state index in [1.54, 1.807) is 0 Å². The Morgan fingerprint density at radius 1 is 1.00 bits per heavy atom. The van der Waals surface area contributed by atoms with E-state index in [2.05, 4.69) is 72.5 Å². The third-order valence-corrected chi connectivity index (χ3v) is 6.30. The predicted molar refractivity (Wildman–Crippen MR) is 117 cm³/mol. The van der Waals surface area contributed by atoms with Crippen molar-refractivity contribution in [1.29, 1.82) is 0 Å². The fourth-order valence-corrected chi connectivity index (χ4v) is 5.13. The van der Waals surface area contributed by atoms with E-state index in [0.717, 1.165) is 21.5 Å². The van der Waals surface area contributed by atoms with Gasteiger partial charge in [0.05, 0.1) is 0 Å². The van der Waals surface area contributed by atoms with Gasteiger partial charge in [-0.1, -0.05) is 78.6 Å². The monoisotopic (exact) mass is 363 g/mol. The van der Waals surface area contributed by atoms with Gasteiger partial charge >= 0.3 is 0 Å². The molecule has 25 heavy (non-hydrogen) atoms. The molecule has 2 N–H and O–H groups in total. The minimum atomic E-state index is 0.316. The molecule has 0 radical (unpaired) electrons. The zero-order valence-electron chi connectivity index (χ0n) is 17.8. The normalized spacial score (nSPS) is 15.7. The maximum absolute atomic E-state index is 6.08. The Kier molecular flexibility index (Phi) is 9.13. The second kappa shape index (κ2) is 10.1. The molecule has 0 aliphatic carbocycles. The van der Waals surface area contributed by atoms with Crippen LogP contribution in [0.3, 0.4) is 0 Å². The number of hydrogen-bond acceptors (Lipinski definition) is 1. The zero-order valence-corrected chi connectivity index (χ0v) is 18.8. The summed E-state index contributed by atoms with van der Waals surface area (Å²) in [7, 11) is 1.01. The minimum absolute atomic E-state index is 0.316. The third-order valence-electron chi connectivity index (χ3n) is 5.48. The first-order valence-corrected chi connectivity index (χ1v) is 11.8. The summed E-state index contributed by atoms with van der Waals surface area (Å²) in [5.74, 6) is 1.13. The topological polar surface area (TPSA) is 26.0 Å². The number of nitrogens with two attached hydrogens (primary N) is 1. The van der Waals surface area contributed by atoms with Crippen molar-refractivity contribution in [3.05, 3.63) is 35.4 Å². The fourth-order valence-electron chi connectivity index (χ4n) is 3.93. The van der Waals surface area contributed by atoms with Crippen molar-refractivity contribution in [3.8, 4) is 0 Å². The van der Waals surface area contributed by atoms with Gasteiger partial charge in [-0.05, 0) is 66.0 Å². The SMILES string of the molecule is CCCCC(C)(C)C(CPC)c1ccc(C(CN)CC(C)(C)C)cc1. The molecule has 1 aromatic carbocycles. The van der Waals surface area contributed by atoms with Crippen molar-refractivity contribution in [3.63, 3.8) is 0 Å². The van der Waals surface area contributed by atoms with Crippen LogP contribution in [0.15, 0.2) is 24.3 Å². The summed E-state index contributed by atoms with van der Waals surface area (Å²) in [4.78, 5) is 0. The summed E-state index contributed by atoms with van der Waals surface area (Å²) >= 11 is 0. The molecule has 3 unspecified atom stereocenters. The third kappa shape index (κ3) is 7.40. The second-order valence-electron chi connectivity index (χ2n) is 9.57. The Morgan fingerprint density at radius 3 is 2.00 bits per heavy atom. The molecular weight excluding hydrogens is 321 g/mol. The molecule has 0 fully saturated rings. The minimum Gasteiger partial charge on any atom is -0.330 e. The molecule has 1 rings (SSSR count). The van der Waals surface area contributed by atoms with Crippen molar-refractivity contribution < 1.29 is 0 Å². The summed E-state index contributed by atoms with van der Waals surface area (Å²) < 4.78 is 0.